The van der Waals surface area contributed by atoms with Crippen molar-refractivity contribution in [1.82, 2.24) is 5.32 Å². The molecule has 0 bridgehead atoms. The van der Waals surface area contributed by atoms with Crippen LogP contribution in [0.25, 0.3) is 0 Å². The van der Waals surface area contributed by atoms with Gasteiger partial charge in [-0.2, -0.15) is 0 Å². The fourth-order valence-electron chi connectivity index (χ4n) is 3.23. The monoisotopic (exact) mass is 359 g/mol. The fraction of sp³-hybridized carbons (Fsp3) is 0.350. The Bertz CT molecular complexity index is 775. The van der Waals surface area contributed by atoms with Gasteiger partial charge in [-0.15, -0.1) is 0 Å². The molecule has 138 valence electrons. The Morgan fingerprint density at radius 3 is 2.58 bits per heavy atom. The number of rotatable bonds is 4. The highest BCUT2D eigenvalue weighted by molar-refractivity contribution is 5.90. The van der Waals surface area contributed by atoms with Crippen LogP contribution in [0.1, 0.15) is 37.8 Å². The van der Waals surface area contributed by atoms with E-state index >= 15 is 0 Å². The number of carbonyl (C=O) groups excluding carboxylic acids is 1. The summed E-state index contributed by atoms with van der Waals surface area (Å²) >= 11 is 0. The topological polar surface area (TPSA) is 44.4 Å². The van der Waals surface area contributed by atoms with Gasteiger partial charge in [-0.25, -0.2) is 13.6 Å². The van der Waals surface area contributed by atoms with Crippen molar-refractivity contribution in [3.05, 3.63) is 59.7 Å². The van der Waals surface area contributed by atoms with E-state index in [0.29, 0.717) is 5.69 Å². The van der Waals surface area contributed by atoms with Gasteiger partial charge in [-0.3, -0.25) is 0 Å². The molecule has 4 nitrogen and oxygen atoms in total. The molecule has 1 atom stereocenters. The number of hydrogen-bond donors (Lipinski definition) is 2. The van der Waals surface area contributed by atoms with Crippen molar-refractivity contribution in [1.29, 1.82) is 0 Å². The zero-order valence-electron chi connectivity index (χ0n) is 14.8. The van der Waals surface area contributed by atoms with Crippen molar-refractivity contribution in [2.45, 2.75) is 32.2 Å². The minimum Gasteiger partial charge on any atom is -0.371 e. The molecule has 6 heteroatoms. The van der Waals surface area contributed by atoms with Crippen molar-refractivity contribution in [2.75, 3.05) is 23.3 Å². The van der Waals surface area contributed by atoms with Crippen molar-refractivity contribution >= 4 is 17.4 Å². The number of anilines is 2. The van der Waals surface area contributed by atoms with Gasteiger partial charge in [0.05, 0.1) is 6.04 Å². The highest BCUT2D eigenvalue weighted by Gasteiger charge is 2.15. The van der Waals surface area contributed by atoms with Crippen LogP contribution in [0.2, 0.25) is 0 Å². The number of benzene rings is 2. The van der Waals surface area contributed by atoms with Gasteiger partial charge >= 0.3 is 6.03 Å². The summed E-state index contributed by atoms with van der Waals surface area (Å²) in [6, 6.07) is 10.0. The van der Waals surface area contributed by atoms with Gasteiger partial charge in [0.25, 0.3) is 0 Å². The molecule has 1 aliphatic heterocycles. The van der Waals surface area contributed by atoms with Crippen molar-refractivity contribution < 1.29 is 13.6 Å². The molecule has 26 heavy (non-hydrogen) atoms. The number of hydrogen-bond acceptors (Lipinski definition) is 2. The number of carbonyl (C=O) groups is 1. The van der Waals surface area contributed by atoms with E-state index in [9.17, 15) is 13.6 Å². The molecule has 2 amide bonds. The lowest BCUT2D eigenvalue weighted by Crippen LogP contribution is -2.32. The Labute approximate surface area is 152 Å². The second-order valence-corrected chi connectivity index (χ2v) is 6.58. The lowest BCUT2D eigenvalue weighted by molar-refractivity contribution is 0.249. The number of urea groups is 1. The van der Waals surface area contributed by atoms with E-state index in [2.05, 4.69) is 15.5 Å². The van der Waals surface area contributed by atoms with Crippen LogP contribution < -0.4 is 15.5 Å². The quantitative estimate of drug-likeness (QED) is 0.821. The first-order valence-corrected chi connectivity index (χ1v) is 8.90. The number of nitrogens with one attached hydrogen (secondary N) is 2. The van der Waals surface area contributed by atoms with Gasteiger partial charge in [-0.1, -0.05) is 12.1 Å². The molecular weight excluding hydrogens is 336 g/mol. The van der Waals surface area contributed by atoms with Crippen molar-refractivity contribution in [3.8, 4) is 0 Å². The molecule has 0 unspecified atom stereocenters. The molecule has 2 aromatic carbocycles. The molecule has 1 fully saturated rings. The summed E-state index contributed by atoms with van der Waals surface area (Å²) in [6.07, 6.45) is 3.62. The highest BCUT2D eigenvalue weighted by Crippen LogP contribution is 2.23. The first-order chi connectivity index (χ1) is 12.5. The Morgan fingerprint density at radius 2 is 1.85 bits per heavy atom. The molecule has 0 aromatic heterocycles. The molecule has 1 heterocycles. The lowest BCUT2D eigenvalue weighted by Gasteiger charge is -2.29. The molecule has 0 spiro atoms. The minimum atomic E-state index is -0.676. The van der Waals surface area contributed by atoms with Gasteiger partial charge in [0.1, 0.15) is 11.6 Å². The average Bonchev–Trinajstić information content (AvgIpc) is 2.62. The number of nitrogens with zero attached hydrogens (tertiary/aromatic N) is 1. The van der Waals surface area contributed by atoms with Gasteiger partial charge < -0.3 is 15.5 Å². The first-order valence-electron chi connectivity index (χ1n) is 8.90. The molecule has 1 saturated heterocycles. The third-order valence-electron chi connectivity index (χ3n) is 4.60. The average molecular weight is 359 g/mol. The third kappa shape index (κ3) is 4.50. The maximum atomic E-state index is 13.8. The second kappa shape index (κ2) is 8.17. The summed E-state index contributed by atoms with van der Waals surface area (Å²) in [6.45, 7) is 3.70. The summed E-state index contributed by atoms with van der Waals surface area (Å²) in [7, 11) is 0. The molecular formula is C20H23F2N3O. The first kappa shape index (κ1) is 18.2. The van der Waals surface area contributed by atoms with E-state index in [0.717, 1.165) is 24.8 Å². The number of halogens is 2. The SMILES string of the molecule is C[C@@H](NC(=O)Nc1cccc(N2CCCCC2)c1)c1ccc(F)cc1F. The summed E-state index contributed by atoms with van der Waals surface area (Å²) in [5, 5.41) is 5.46. The Morgan fingerprint density at radius 1 is 1.08 bits per heavy atom. The Balaban J connectivity index is 1.62. The van der Waals surface area contributed by atoms with Crippen LogP contribution in [-0.4, -0.2) is 19.1 Å². The van der Waals surface area contributed by atoms with E-state index in [1.165, 1.54) is 31.4 Å². The molecule has 0 radical (unpaired) electrons. The summed E-state index contributed by atoms with van der Waals surface area (Å²) in [5.41, 5.74) is 2.00. The molecule has 0 saturated carbocycles. The van der Waals surface area contributed by atoms with Gasteiger partial charge in [-0.05, 0) is 50.5 Å². The van der Waals surface area contributed by atoms with Crippen LogP contribution >= 0.6 is 0 Å². The zero-order valence-corrected chi connectivity index (χ0v) is 14.8. The zero-order chi connectivity index (χ0) is 18.5. The largest absolute Gasteiger partial charge is 0.371 e. The predicted molar refractivity (Wildman–Crippen MR) is 99.4 cm³/mol. The van der Waals surface area contributed by atoms with Crippen LogP contribution in [0.5, 0.6) is 0 Å². The summed E-state index contributed by atoms with van der Waals surface area (Å²) in [5.74, 6) is -1.32. The standard InChI is InChI=1S/C20H23F2N3O/c1-14(18-9-8-15(21)12-19(18)22)23-20(26)24-16-6-5-7-17(13-16)25-10-3-2-4-11-25/h5-9,12-14H,2-4,10-11H2,1H3,(H2,23,24,26)/t14-/m1/s1. The van der Waals surface area contributed by atoms with Gasteiger partial charge in [0, 0.05) is 36.1 Å². The summed E-state index contributed by atoms with van der Waals surface area (Å²) < 4.78 is 26.8. The van der Waals surface area contributed by atoms with Crippen LogP contribution in [0.4, 0.5) is 25.0 Å². The van der Waals surface area contributed by atoms with E-state index < -0.39 is 23.7 Å². The second-order valence-electron chi connectivity index (χ2n) is 6.58. The number of piperidine rings is 1. The molecule has 2 aromatic rings. The van der Waals surface area contributed by atoms with Crippen LogP contribution in [0, 0.1) is 11.6 Å². The number of amides is 2. The van der Waals surface area contributed by atoms with E-state index in [-0.39, 0.29) is 5.56 Å². The maximum Gasteiger partial charge on any atom is 0.319 e. The van der Waals surface area contributed by atoms with E-state index in [4.69, 9.17) is 0 Å². The van der Waals surface area contributed by atoms with Crippen LogP contribution in [0.15, 0.2) is 42.5 Å². The third-order valence-corrected chi connectivity index (χ3v) is 4.60. The predicted octanol–water partition coefficient (Wildman–Crippen LogP) is 4.84. The minimum absolute atomic E-state index is 0.239. The van der Waals surface area contributed by atoms with Crippen molar-refractivity contribution in [2.24, 2.45) is 0 Å². The molecule has 3 rings (SSSR count). The summed E-state index contributed by atoms with van der Waals surface area (Å²) in [4.78, 5) is 14.5. The highest BCUT2D eigenvalue weighted by atomic mass is 19.1. The van der Waals surface area contributed by atoms with Crippen LogP contribution in [-0.2, 0) is 0 Å². The van der Waals surface area contributed by atoms with E-state index in [1.54, 1.807) is 6.92 Å². The molecule has 0 aliphatic carbocycles. The Hall–Kier alpha value is -2.63. The molecule has 1 aliphatic rings. The van der Waals surface area contributed by atoms with Crippen LogP contribution in [0.3, 0.4) is 0 Å². The smallest absolute Gasteiger partial charge is 0.319 e. The lowest BCUT2D eigenvalue weighted by atomic mass is 10.1. The molecule has 2 N–H and O–H groups in total. The van der Waals surface area contributed by atoms with Gasteiger partial charge in [0.2, 0.25) is 0 Å². The van der Waals surface area contributed by atoms with E-state index in [1.807, 2.05) is 24.3 Å². The normalized spacial score (nSPS) is 15.4. The van der Waals surface area contributed by atoms with Crippen molar-refractivity contribution in [3.63, 3.8) is 0 Å². The maximum absolute atomic E-state index is 13.8. The Kier molecular flexibility index (Phi) is 5.71. The fourth-order valence-corrected chi connectivity index (χ4v) is 3.23. The van der Waals surface area contributed by atoms with Gasteiger partial charge in [0.15, 0.2) is 0 Å².